The van der Waals surface area contributed by atoms with Crippen LogP contribution < -0.4 is 4.74 Å². The summed E-state index contributed by atoms with van der Waals surface area (Å²) in [4.78, 5) is 23.1. The number of rotatable bonds is 1. The largest absolute Gasteiger partial charge is 0.487 e. The van der Waals surface area contributed by atoms with E-state index in [1.807, 2.05) is 23.1 Å². The quantitative estimate of drug-likeness (QED) is 0.777. The molecule has 0 bridgehead atoms. The molecule has 0 spiro atoms. The van der Waals surface area contributed by atoms with E-state index >= 15 is 0 Å². The van der Waals surface area contributed by atoms with Crippen LogP contribution >= 0.6 is 0 Å². The van der Waals surface area contributed by atoms with Gasteiger partial charge >= 0.3 is 0 Å². The Morgan fingerprint density at radius 2 is 2.11 bits per heavy atom. The monoisotopic (exact) mass is 365 g/mol. The molecule has 1 aromatic carbocycles. The van der Waals surface area contributed by atoms with E-state index in [1.165, 1.54) is 6.20 Å². The Hall–Kier alpha value is -2.47. The van der Waals surface area contributed by atoms with Gasteiger partial charge in [0.2, 0.25) is 0 Å². The summed E-state index contributed by atoms with van der Waals surface area (Å²) >= 11 is 0. The zero-order valence-electron chi connectivity index (χ0n) is 15.5. The van der Waals surface area contributed by atoms with E-state index < -0.39 is 0 Å². The van der Waals surface area contributed by atoms with Crippen LogP contribution in [0.2, 0.25) is 0 Å². The van der Waals surface area contributed by atoms with Crippen molar-refractivity contribution in [1.82, 2.24) is 14.9 Å². The summed E-state index contributed by atoms with van der Waals surface area (Å²) in [6.07, 6.45) is 6.45. The van der Waals surface area contributed by atoms with Gasteiger partial charge in [0.05, 0.1) is 24.4 Å². The summed E-state index contributed by atoms with van der Waals surface area (Å²) < 4.78 is 12.9. The van der Waals surface area contributed by atoms with E-state index in [1.54, 1.807) is 12.4 Å². The van der Waals surface area contributed by atoms with Gasteiger partial charge in [-0.3, -0.25) is 9.78 Å². The first-order chi connectivity index (χ1) is 13.0. The molecule has 0 aliphatic carbocycles. The van der Waals surface area contributed by atoms with Gasteiger partial charge < -0.3 is 14.4 Å². The van der Waals surface area contributed by atoms with Crippen LogP contribution in [0.5, 0.6) is 5.75 Å². The molecule has 2 fully saturated rings. The summed E-state index contributed by atoms with van der Waals surface area (Å²) in [5.74, 6) is 1.03. The SMILES string of the molecule is CC1(C)Oc2ccccc2[C@@H]2O[C@@H]3CCN(C(=O)c4cnccn4)[C@@H]3C[C@H]21. The molecular formula is C21H23N3O3. The van der Waals surface area contributed by atoms with Crippen molar-refractivity contribution in [2.45, 2.75) is 50.5 Å². The number of aromatic nitrogens is 2. The van der Waals surface area contributed by atoms with Crippen LogP contribution in [0.25, 0.3) is 0 Å². The van der Waals surface area contributed by atoms with Crippen LogP contribution in [0, 0.1) is 5.92 Å². The van der Waals surface area contributed by atoms with Gasteiger partial charge in [-0.15, -0.1) is 0 Å². The fourth-order valence-electron chi connectivity index (χ4n) is 4.84. The van der Waals surface area contributed by atoms with Crippen molar-refractivity contribution in [3.63, 3.8) is 0 Å². The average molecular weight is 365 g/mol. The van der Waals surface area contributed by atoms with Gasteiger partial charge in [0.1, 0.15) is 17.0 Å². The molecule has 4 heterocycles. The van der Waals surface area contributed by atoms with Gasteiger partial charge in [-0.25, -0.2) is 4.98 Å². The number of ether oxygens (including phenoxy) is 2. The third-order valence-corrected chi connectivity index (χ3v) is 6.20. The molecule has 1 aromatic heterocycles. The molecule has 140 valence electrons. The predicted molar refractivity (Wildman–Crippen MR) is 98.3 cm³/mol. The first-order valence-electron chi connectivity index (χ1n) is 9.55. The van der Waals surface area contributed by atoms with Crippen molar-refractivity contribution >= 4 is 5.91 Å². The molecule has 4 atom stereocenters. The average Bonchev–Trinajstić information content (AvgIpc) is 3.10. The Balaban J connectivity index is 1.45. The number of nitrogens with zero attached hydrogens (tertiary/aromatic N) is 3. The van der Waals surface area contributed by atoms with Crippen LogP contribution in [-0.2, 0) is 4.74 Å². The van der Waals surface area contributed by atoms with E-state index in [0.717, 1.165) is 24.2 Å². The number of likely N-dealkylation sites (tertiary alicyclic amines) is 1. The van der Waals surface area contributed by atoms with Crippen molar-refractivity contribution in [1.29, 1.82) is 0 Å². The number of carbonyl (C=O) groups is 1. The van der Waals surface area contributed by atoms with Crippen molar-refractivity contribution in [3.05, 3.63) is 54.1 Å². The Morgan fingerprint density at radius 1 is 1.26 bits per heavy atom. The molecule has 5 rings (SSSR count). The van der Waals surface area contributed by atoms with Gasteiger partial charge in [0, 0.05) is 30.4 Å². The van der Waals surface area contributed by atoms with Crippen molar-refractivity contribution < 1.29 is 14.3 Å². The highest BCUT2D eigenvalue weighted by atomic mass is 16.5. The second-order valence-electron chi connectivity index (χ2n) is 8.13. The normalized spacial score (nSPS) is 30.7. The van der Waals surface area contributed by atoms with E-state index in [-0.39, 0.29) is 35.7 Å². The molecule has 2 saturated heterocycles. The fourth-order valence-corrected chi connectivity index (χ4v) is 4.84. The minimum absolute atomic E-state index is 0.0118. The van der Waals surface area contributed by atoms with Gasteiger partial charge in [0.15, 0.2) is 0 Å². The smallest absolute Gasteiger partial charge is 0.274 e. The number of para-hydroxylation sites is 1. The van der Waals surface area contributed by atoms with Crippen LogP contribution in [-0.4, -0.2) is 45.1 Å². The van der Waals surface area contributed by atoms with Crippen molar-refractivity contribution in [2.75, 3.05) is 6.54 Å². The first kappa shape index (κ1) is 16.7. The van der Waals surface area contributed by atoms with Gasteiger partial charge in [0.25, 0.3) is 5.91 Å². The van der Waals surface area contributed by atoms with Crippen LogP contribution in [0.1, 0.15) is 48.8 Å². The lowest BCUT2D eigenvalue weighted by atomic mass is 9.74. The summed E-state index contributed by atoms with van der Waals surface area (Å²) in [5.41, 5.74) is 1.16. The van der Waals surface area contributed by atoms with E-state index in [0.29, 0.717) is 12.2 Å². The van der Waals surface area contributed by atoms with Gasteiger partial charge in [-0.1, -0.05) is 18.2 Å². The zero-order valence-corrected chi connectivity index (χ0v) is 15.5. The van der Waals surface area contributed by atoms with Crippen molar-refractivity contribution in [2.24, 2.45) is 5.92 Å². The lowest BCUT2D eigenvalue weighted by Gasteiger charge is -2.50. The zero-order chi connectivity index (χ0) is 18.6. The minimum atomic E-state index is -0.353. The Bertz CT molecular complexity index is 870. The third kappa shape index (κ3) is 2.62. The summed E-state index contributed by atoms with van der Waals surface area (Å²) in [6.45, 7) is 4.93. The number of benzene rings is 1. The highest BCUT2D eigenvalue weighted by molar-refractivity contribution is 5.92. The Kier molecular flexibility index (Phi) is 3.72. The van der Waals surface area contributed by atoms with Crippen LogP contribution in [0.4, 0.5) is 0 Å². The Labute approximate surface area is 158 Å². The molecule has 0 unspecified atom stereocenters. The van der Waals surface area contributed by atoms with E-state index in [4.69, 9.17) is 9.47 Å². The fraction of sp³-hybridized carbons (Fsp3) is 0.476. The summed E-state index contributed by atoms with van der Waals surface area (Å²) in [7, 11) is 0. The molecule has 1 amide bonds. The van der Waals surface area contributed by atoms with Crippen molar-refractivity contribution in [3.8, 4) is 5.75 Å². The van der Waals surface area contributed by atoms with Crippen LogP contribution in [0.3, 0.4) is 0 Å². The maximum Gasteiger partial charge on any atom is 0.274 e. The minimum Gasteiger partial charge on any atom is -0.487 e. The lowest BCUT2D eigenvalue weighted by Crippen LogP contribution is -2.54. The van der Waals surface area contributed by atoms with E-state index in [9.17, 15) is 4.79 Å². The van der Waals surface area contributed by atoms with Gasteiger partial charge in [-0.2, -0.15) is 0 Å². The Morgan fingerprint density at radius 3 is 2.93 bits per heavy atom. The van der Waals surface area contributed by atoms with E-state index in [2.05, 4.69) is 29.9 Å². The maximum absolute atomic E-state index is 13.0. The molecular weight excluding hydrogens is 342 g/mol. The second kappa shape index (κ2) is 6.02. The molecule has 2 aromatic rings. The number of hydrogen-bond donors (Lipinski definition) is 0. The predicted octanol–water partition coefficient (Wildman–Crippen LogP) is 3.01. The maximum atomic E-state index is 13.0. The molecule has 0 N–H and O–H groups in total. The first-order valence-corrected chi connectivity index (χ1v) is 9.55. The molecule has 6 heteroatoms. The summed E-state index contributed by atoms with van der Waals surface area (Å²) in [5, 5.41) is 0. The molecule has 0 radical (unpaired) electrons. The van der Waals surface area contributed by atoms with Gasteiger partial charge in [-0.05, 0) is 32.8 Å². The number of hydrogen-bond acceptors (Lipinski definition) is 5. The number of carbonyl (C=O) groups excluding carboxylic acids is 1. The topological polar surface area (TPSA) is 64.6 Å². The molecule has 3 aliphatic rings. The highest BCUT2D eigenvalue weighted by Crippen LogP contribution is 2.52. The molecule has 3 aliphatic heterocycles. The van der Waals surface area contributed by atoms with Crippen LogP contribution in [0.15, 0.2) is 42.9 Å². The molecule has 6 nitrogen and oxygen atoms in total. The number of fused-ring (bicyclic) bond motifs is 4. The third-order valence-electron chi connectivity index (χ3n) is 6.20. The second-order valence-corrected chi connectivity index (χ2v) is 8.13. The lowest BCUT2D eigenvalue weighted by molar-refractivity contribution is -0.159. The summed E-state index contributed by atoms with van der Waals surface area (Å²) in [6, 6.07) is 8.19. The number of amides is 1. The highest BCUT2D eigenvalue weighted by Gasteiger charge is 2.53. The molecule has 0 saturated carbocycles. The standard InChI is InChI=1S/C21H23N3O3/c1-21(2)14-11-16-18(26-19(14)13-5-3-4-6-17(13)27-21)7-10-24(16)20(25)15-12-22-8-9-23-15/h3-6,8-9,12,14,16,18-19H,7,10-11H2,1-2H3/t14-,16-,18-,19+/m1/s1. The molecule has 27 heavy (non-hydrogen) atoms.